The fourth-order valence-corrected chi connectivity index (χ4v) is 2.81. The molecule has 0 radical (unpaired) electrons. The van der Waals surface area contributed by atoms with Crippen LogP contribution in [0.3, 0.4) is 0 Å². The number of rotatable bonds is 4. The summed E-state index contributed by atoms with van der Waals surface area (Å²) in [5.74, 6) is -0.606. The monoisotopic (exact) mass is 349 g/mol. The van der Waals surface area contributed by atoms with E-state index in [9.17, 15) is 14.0 Å². The van der Waals surface area contributed by atoms with Crippen LogP contribution in [-0.2, 0) is 9.59 Å². The van der Waals surface area contributed by atoms with Crippen molar-refractivity contribution in [2.75, 3.05) is 18.0 Å². The number of carbonyl (C=O) groups is 2. The highest BCUT2D eigenvalue weighted by Gasteiger charge is 2.27. The highest BCUT2D eigenvalue weighted by atomic mass is 19.1. The van der Waals surface area contributed by atoms with Crippen LogP contribution >= 0.6 is 0 Å². The number of hydrogen-bond donors (Lipinski definition) is 2. The molecule has 5 nitrogen and oxygen atoms in total. The minimum Gasteiger partial charge on any atom is -0.369 e. The summed E-state index contributed by atoms with van der Waals surface area (Å²) in [4.78, 5) is 26.5. The van der Waals surface area contributed by atoms with Crippen LogP contribution < -0.4 is 15.5 Å². The number of anilines is 1. The number of piperidine rings is 1. The van der Waals surface area contributed by atoms with E-state index >= 15 is 0 Å². The molecule has 1 heterocycles. The first-order valence-corrected chi connectivity index (χ1v) is 8.78. The summed E-state index contributed by atoms with van der Waals surface area (Å²) in [5, 5.41) is 5.75. The number of nitrogens with one attached hydrogen (secondary N) is 2. The third-order valence-electron chi connectivity index (χ3n) is 4.36. The Morgan fingerprint density at radius 2 is 2.04 bits per heavy atom. The fraction of sp³-hybridized carbons (Fsp3) is 0.579. The van der Waals surface area contributed by atoms with Crippen LogP contribution in [0, 0.1) is 11.2 Å². The Kier molecular flexibility index (Phi) is 6.03. The summed E-state index contributed by atoms with van der Waals surface area (Å²) in [6, 6.07) is 5.90. The van der Waals surface area contributed by atoms with E-state index in [0.29, 0.717) is 6.54 Å². The van der Waals surface area contributed by atoms with Gasteiger partial charge in [0.25, 0.3) is 0 Å². The molecule has 1 saturated heterocycles. The average Bonchev–Trinajstić information content (AvgIpc) is 2.54. The largest absolute Gasteiger partial charge is 0.369 e. The minimum atomic E-state index is -0.587. The first-order valence-electron chi connectivity index (χ1n) is 8.78. The average molecular weight is 349 g/mol. The third kappa shape index (κ3) is 5.44. The lowest BCUT2D eigenvalue weighted by Gasteiger charge is -2.35. The topological polar surface area (TPSA) is 61.4 Å². The number of halogens is 1. The maximum atomic E-state index is 13.4. The van der Waals surface area contributed by atoms with Gasteiger partial charge in [-0.1, -0.05) is 26.8 Å². The molecule has 2 amide bonds. The van der Waals surface area contributed by atoms with Crippen LogP contribution in [0.5, 0.6) is 0 Å². The number of hydrogen-bond acceptors (Lipinski definition) is 3. The molecule has 0 bridgehead atoms. The van der Waals surface area contributed by atoms with Crippen molar-refractivity contribution in [1.29, 1.82) is 0 Å². The van der Waals surface area contributed by atoms with Gasteiger partial charge in [0.1, 0.15) is 11.9 Å². The highest BCUT2D eigenvalue weighted by Crippen LogP contribution is 2.21. The molecule has 2 rings (SSSR count). The van der Waals surface area contributed by atoms with Gasteiger partial charge in [-0.3, -0.25) is 9.59 Å². The van der Waals surface area contributed by atoms with Gasteiger partial charge in [0.2, 0.25) is 11.8 Å². The maximum absolute atomic E-state index is 13.4. The Bertz CT molecular complexity index is 627. The first kappa shape index (κ1) is 19.2. The molecule has 138 valence electrons. The molecule has 6 heteroatoms. The lowest BCUT2D eigenvalue weighted by Crippen LogP contribution is -2.54. The molecule has 2 N–H and O–H groups in total. The molecule has 2 unspecified atom stereocenters. The smallest absolute Gasteiger partial charge is 0.242 e. The minimum absolute atomic E-state index is 0.0153. The van der Waals surface area contributed by atoms with Crippen molar-refractivity contribution < 1.29 is 14.0 Å². The first-order chi connectivity index (χ1) is 11.7. The number of amides is 2. The lowest BCUT2D eigenvalue weighted by atomic mass is 9.95. The zero-order valence-corrected chi connectivity index (χ0v) is 15.4. The summed E-state index contributed by atoms with van der Waals surface area (Å²) < 4.78 is 13.4. The van der Waals surface area contributed by atoms with Gasteiger partial charge in [-0.25, -0.2) is 4.39 Å². The van der Waals surface area contributed by atoms with Crippen LogP contribution in [0.15, 0.2) is 24.3 Å². The second-order valence-corrected chi connectivity index (χ2v) is 7.72. The summed E-state index contributed by atoms with van der Waals surface area (Å²) in [6.45, 7) is 8.59. The number of carbonyl (C=O) groups excluding carboxylic acids is 2. The van der Waals surface area contributed by atoms with E-state index in [0.717, 1.165) is 25.1 Å². The van der Waals surface area contributed by atoms with E-state index in [2.05, 4.69) is 15.5 Å². The number of benzene rings is 1. The highest BCUT2D eigenvalue weighted by molar-refractivity contribution is 5.89. The van der Waals surface area contributed by atoms with Gasteiger partial charge in [0, 0.05) is 30.2 Å². The van der Waals surface area contributed by atoms with Gasteiger partial charge in [-0.15, -0.1) is 0 Å². The Morgan fingerprint density at radius 3 is 2.68 bits per heavy atom. The SMILES string of the molecule is CC(NC(=O)C(C)(C)C)C(=O)NC1CCCN(c2cccc(F)c2)C1. The molecule has 0 saturated carbocycles. The second-order valence-electron chi connectivity index (χ2n) is 7.72. The van der Waals surface area contributed by atoms with Gasteiger partial charge < -0.3 is 15.5 Å². The predicted molar refractivity (Wildman–Crippen MR) is 96.8 cm³/mol. The van der Waals surface area contributed by atoms with Crippen LogP contribution in [-0.4, -0.2) is 37.0 Å². The Hall–Kier alpha value is -2.11. The van der Waals surface area contributed by atoms with Gasteiger partial charge in [0.15, 0.2) is 0 Å². The van der Waals surface area contributed by atoms with Gasteiger partial charge >= 0.3 is 0 Å². The predicted octanol–water partition coefficient (Wildman–Crippen LogP) is 2.46. The molecular weight excluding hydrogens is 321 g/mol. The third-order valence-corrected chi connectivity index (χ3v) is 4.36. The Labute approximate surface area is 149 Å². The van der Waals surface area contributed by atoms with E-state index in [1.807, 2.05) is 26.8 Å². The van der Waals surface area contributed by atoms with Crippen molar-refractivity contribution in [3.8, 4) is 0 Å². The van der Waals surface area contributed by atoms with Gasteiger partial charge in [-0.05, 0) is 38.0 Å². The molecule has 2 atom stereocenters. The molecule has 0 aromatic heterocycles. The molecular formula is C19H28FN3O2. The van der Waals surface area contributed by atoms with E-state index in [1.165, 1.54) is 12.1 Å². The molecule has 0 aliphatic carbocycles. The van der Waals surface area contributed by atoms with E-state index in [1.54, 1.807) is 13.0 Å². The summed E-state index contributed by atoms with van der Waals surface area (Å²) in [7, 11) is 0. The fourth-order valence-electron chi connectivity index (χ4n) is 2.81. The van der Waals surface area contributed by atoms with E-state index < -0.39 is 11.5 Å². The van der Waals surface area contributed by atoms with Crippen LogP contribution in [0.4, 0.5) is 10.1 Å². The molecule has 1 aromatic carbocycles. The second kappa shape index (κ2) is 7.85. The zero-order valence-electron chi connectivity index (χ0n) is 15.4. The molecule has 25 heavy (non-hydrogen) atoms. The van der Waals surface area contributed by atoms with Gasteiger partial charge in [-0.2, -0.15) is 0 Å². The zero-order chi connectivity index (χ0) is 18.6. The molecule has 1 aromatic rings. The Morgan fingerprint density at radius 1 is 1.32 bits per heavy atom. The summed E-state index contributed by atoms with van der Waals surface area (Å²) in [6.07, 6.45) is 1.79. The summed E-state index contributed by atoms with van der Waals surface area (Å²) >= 11 is 0. The maximum Gasteiger partial charge on any atom is 0.242 e. The normalized spacial score (nSPS) is 19.2. The summed E-state index contributed by atoms with van der Waals surface area (Å²) in [5.41, 5.74) is 0.293. The van der Waals surface area contributed by atoms with Crippen LogP contribution in [0.2, 0.25) is 0 Å². The standard InChI is InChI=1S/C19H28FN3O2/c1-13(21-18(25)19(2,3)4)17(24)22-15-8-6-10-23(12-15)16-9-5-7-14(20)11-16/h5,7,9,11,13,15H,6,8,10,12H2,1-4H3,(H,21,25)(H,22,24). The van der Waals surface area contributed by atoms with Crippen LogP contribution in [0.1, 0.15) is 40.5 Å². The molecule has 1 fully saturated rings. The van der Waals surface area contributed by atoms with Gasteiger partial charge in [0.05, 0.1) is 0 Å². The quantitative estimate of drug-likeness (QED) is 0.878. The molecule has 1 aliphatic heterocycles. The lowest BCUT2D eigenvalue weighted by molar-refractivity contribution is -0.133. The van der Waals surface area contributed by atoms with Crippen molar-refractivity contribution in [2.45, 2.75) is 52.6 Å². The Balaban J connectivity index is 1.91. The van der Waals surface area contributed by atoms with Crippen molar-refractivity contribution in [1.82, 2.24) is 10.6 Å². The molecule has 0 spiro atoms. The van der Waals surface area contributed by atoms with Crippen molar-refractivity contribution in [3.05, 3.63) is 30.1 Å². The molecule has 1 aliphatic rings. The van der Waals surface area contributed by atoms with Crippen molar-refractivity contribution in [2.24, 2.45) is 5.41 Å². The van der Waals surface area contributed by atoms with Crippen molar-refractivity contribution in [3.63, 3.8) is 0 Å². The number of nitrogens with zero attached hydrogens (tertiary/aromatic N) is 1. The van der Waals surface area contributed by atoms with E-state index in [4.69, 9.17) is 0 Å². The van der Waals surface area contributed by atoms with Crippen LogP contribution in [0.25, 0.3) is 0 Å². The van der Waals surface area contributed by atoms with E-state index in [-0.39, 0.29) is 23.7 Å². The van der Waals surface area contributed by atoms with Crippen molar-refractivity contribution >= 4 is 17.5 Å².